The van der Waals surface area contributed by atoms with Gasteiger partial charge in [-0.15, -0.1) is 0 Å². The molecule has 5 heteroatoms. The van der Waals surface area contributed by atoms with Gasteiger partial charge in [-0.25, -0.2) is 4.79 Å². The third-order valence-corrected chi connectivity index (χ3v) is 3.59. The summed E-state index contributed by atoms with van der Waals surface area (Å²) in [5.74, 6) is -0.879. The van der Waals surface area contributed by atoms with E-state index in [4.69, 9.17) is 4.74 Å². The first kappa shape index (κ1) is 18.4. The molecule has 0 saturated carbocycles. The monoisotopic (exact) mass is 311 g/mol. The zero-order chi connectivity index (χ0) is 16.4. The molecular weight excluding hydrogens is 285 g/mol. The molecule has 0 radical (unpaired) electrons. The van der Waals surface area contributed by atoms with Gasteiger partial charge < -0.3 is 4.74 Å². The zero-order valence-corrected chi connectivity index (χ0v) is 13.6. The zero-order valence-electron chi connectivity index (χ0n) is 13.6. The molecule has 0 unspecified atom stereocenters. The molecule has 124 valence electrons. The fourth-order valence-corrected chi connectivity index (χ4v) is 2.33. The van der Waals surface area contributed by atoms with Crippen molar-refractivity contribution in [1.29, 1.82) is 0 Å². The molecule has 0 atom stereocenters. The van der Waals surface area contributed by atoms with Gasteiger partial charge in [0.2, 0.25) is 0 Å². The van der Waals surface area contributed by atoms with Gasteiger partial charge in [-0.2, -0.15) is 4.79 Å². The van der Waals surface area contributed by atoms with Crippen LogP contribution in [0.4, 0.5) is 4.48 Å². The average molecular weight is 311 g/mol. The summed E-state index contributed by atoms with van der Waals surface area (Å²) in [6.07, 6.45) is 9.32. The van der Waals surface area contributed by atoms with Crippen LogP contribution in [0.3, 0.4) is 0 Å². The SMILES string of the molecule is CCCCCCCCCC(=O)c1cc(C(=O)OCC)n(F)c1. The van der Waals surface area contributed by atoms with Crippen LogP contribution in [0.25, 0.3) is 0 Å². The molecule has 4 nitrogen and oxygen atoms in total. The lowest BCUT2D eigenvalue weighted by Gasteiger charge is -2.00. The van der Waals surface area contributed by atoms with E-state index in [0.717, 1.165) is 25.5 Å². The summed E-state index contributed by atoms with van der Waals surface area (Å²) in [4.78, 5) is 23.6. The van der Waals surface area contributed by atoms with E-state index < -0.39 is 5.97 Å². The van der Waals surface area contributed by atoms with E-state index in [-0.39, 0.29) is 28.4 Å². The third-order valence-electron chi connectivity index (χ3n) is 3.59. The molecule has 1 aromatic heterocycles. The molecule has 22 heavy (non-hydrogen) atoms. The van der Waals surface area contributed by atoms with Gasteiger partial charge in [0.1, 0.15) is 0 Å². The predicted octanol–water partition coefficient (Wildman–Crippen LogP) is 4.72. The second-order valence-electron chi connectivity index (χ2n) is 5.44. The number of rotatable bonds is 11. The Morgan fingerprint density at radius 2 is 1.73 bits per heavy atom. The summed E-state index contributed by atoms with van der Waals surface area (Å²) in [5, 5.41) is 0. The first-order valence-electron chi connectivity index (χ1n) is 8.19. The highest BCUT2D eigenvalue weighted by Crippen LogP contribution is 2.15. The van der Waals surface area contributed by atoms with Crippen molar-refractivity contribution in [2.75, 3.05) is 6.61 Å². The highest BCUT2D eigenvalue weighted by Gasteiger charge is 2.18. The number of ether oxygens (including phenoxy) is 1. The predicted molar refractivity (Wildman–Crippen MR) is 83.8 cm³/mol. The quantitative estimate of drug-likeness (QED) is 0.337. The van der Waals surface area contributed by atoms with E-state index in [0.29, 0.717) is 6.42 Å². The Hall–Kier alpha value is -1.65. The van der Waals surface area contributed by atoms with E-state index in [2.05, 4.69) is 6.92 Å². The fraction of sp³-hybridized carbons (Fsp3) is 0.647. The minimum absolute atomic E-state index is 0.129. The van der Waals surface area contributed by atoms with Gasteiger partial charge in [0.15, 0.2) is 11.5 Å². The Morgan fingerprint density at radius 3 is 2.36 bits per heavy atom. The molecule has 1 heterocycles. The standard InChI is InChI=1S/C17H26FNO3/c1-3-5-6-7-8-9-10-11-16(20)14-12-15(19(18)13-14)17(21)22-4-2/h12-13H,3-11H2,1-2H3. The van der Waals surface area contributed by atoms with Crippen molar-refractivity contribution in [3.05, 3.63) is 23.5 Å². The van der Waals surface area contributed by atoms with Crippen LogP contribution in [0.2, 0.25) is 0 Å². The number of nitrogens with zero attached hydrogens (tertiary/aromatic N) is 1. The fourth-order valence-electron chi connectivity index (χ4n) is 2.33. The normalized spacial score (nSPS) is 10.7. The number of esters is 1. The summed E-state index contributed by atoms with van der Waals surface area (Å²) in [6.45, 7) is 4.00. The van der Waals surface area contributed by atoms with E-state index in [9.17, 15) is 14.1 Å². The van der Waals surface area contributed by atoms with Crippen molar-refractivity contribution in [2.24, 2.45) is 0 Å². The molecule has 0 aromatic carbocycles. The number of unbranched alkanes of at least 4 members (excludes halogenated alkanes) is 6. The molecule has 0 aliphatic carbocycles. The summed E-state index contributed by atoms with van der Waals surface area (Å²) in [5.41, 5.74) is 0.00121. The van der Waals surface area contributed by atoms with Crippen LogP contribution in [0.5, 0.6) is 0 Å². The maximum atomic E-state index is 13.6. The number of ketones is 1. The molecule has 0 saturated heterocycles. The van der Waals surface area contributed by atoms with Crippen molar-refractivity contribution in [3.8, 4) is 0 Å². The van der Waals surface area contributed by atoms with E-state index in [1.165, 1.54) is 31.7 Å². The molecular formula is C17H26FNO3. The first-order chi connectivity index (χ1) is 10.6. The van der Waals surface area contributed by atoms with Gasteiger partial charge in [0.05, 0.1) is 6.61 Å². The van der Waals surface area contributed by atoms with Crippen molar-refractivity contribution in [3.63, 3.8) is 0 Å². The van der Waals surface area contributed by atoms with Gasteiger partial charge in [-0.05, 0) is 19.4 Å². The molecule has 0 fully saturated rings. The van der Waals surface area contributed by atoms with Crippen molar-refractivity contribution in [1.82, 2.24) is 4.79 Å². The lowest BCUT2D eigenvalue weighted by molar-refractivity contribution is 0.0501. The maximum absolute atomic E-state index is 13.6. The smallest absolute Gasteiger partial charge is 0.357 e. The van der Waals surface area contributed by atoms with Crippen LogP contribution in [-0.4, -0.2) is 23.1 Å². The van der Waals surface area contributed by atoms with Crippen LogP contribution in [0.1, 0.15) is 86.1 Å². The lowest BCUT2D eigenvalue weighted by atomic mass is 10.0. The van der Waals surface area contributed by atoms with Gasteiger partial charge in [0.25, 0.3) is 0 Å². The van der Waals surface area contributed by atoms with Crippen molar-refractivity contribution < 1.29 is 18.8 Å². The Bertz CT molecular complexity index is 482. The minimum atomic E-state index is -0.750. The van der Waals surface area contributed by atoms with Crippen molar-refractivity contribution in [2.45, 2.75) is 65.2 Å². The van der Waals surface area contributed by atoms with Crippen LogP contribution < -0.4 is 0 Å². The molecule has 0 amide bonds. The Balaban J connectivity index is 2.37. The molecule has 0 N–H and O–H groups in total. The topological polar surface area (TPSA) is 48.3 Å². The lowest BCUT2D eigenvalue weighted by Crippen LogP contribution is -2.07. The van der Waals surface area contributed by atoms with Gasteiger partial charge in [-0.1, -0.05) is 49.9 Å². The van der Waals surface area contributed by atoms with Crippen LogP contribution in [0.15, 0.2) is 12.3 Å². The molecule has 1 aromatic rings. The largest absolute Gasteiger partial charge is 0.461 e. The van der Waals surface area contributed by atoms with E-state index >= 15 is 0 Å². The summed E-state index contributed by atoms with van der Waals surface area (Å²) in [6, 6.07) is 1.27. The first-order valence-corrected chi connectivity index (χ1v) is 8.19. The number of carbonyl (C=O) groups is 2. The highest BCUT2D eigenvalue weighted by atomic mass is 19.2. The molecule has 1 rings (SSSR count). The molecule has 0 aliphatic rings. The van der Waals surface area contributed by atoms with Crippen LogP contribution in [0, 0.1) is 0 Å². The second kappa shape index (κ2) is 10.1. The highest BCUT2D eigenvalue weighted by molar-refractivity contribution is 5.99. The average Bonchev–Trinajstić information content (AvgIpc) is 2.88. The summed E-state index contributed by atoms with van der Waals surface area (Å²) in [7, 11) is 0. The number of hydrogen-bond acceptors (Lipinski definition) is 3. The summed E-state index contributed by atoms with van der Waals surface area (Å²) >= 11 is 0. The molecule has 0 bridgehead atoms. The van der Waals surface area contributed by atoms with Crippen LogP contribution in [-0.2, 0) is 4.74 Å². The number of Topliss-reactive ketones (excluding diaryl/α,β-unsaturated/α-hetero) is 1. The van der Waals surface area contributed by atoms with E-state index in [1.54, 1.807) is 6.92 Å². The van der Waals surface area contributed by atoms with Gasteiger partial charge in [-0.3, -0.25) is 4.79 Å². The number of aromatic nitrogens is 1. The Labute approximate surface area is 131 Å². The summed E-state index contributed by atoms with van der Waals surface area (Å²) < 4.78 is 18.3. The second-order valence-corrected chi connectivity index (χ2v) is 5.44. The van der Waals surface area contributed by atoms with E-state index in [1.807, 2.05) is 0 Å². The number of hydrogen-bond donors (Lipinski definition) is 0. The molecule has 0 aliphatic heterocycles. The van der Waals surface area contributed by atoms with Gasteiger partial charge in [0, 0.05) is 18.2 Å². The maximum Gasteiger partial charge on any atom is 0.357 e. The molecule has 0 spiro atoms. The van der Waals surface area contributed by atoms with Gasteiger partial charge >= 0.3 is 5.97 Å². The number of halogens is 1. The number of carbonyl (C=O) groups excluding carboxylic acids is 2. The Morgan fingerprint density at radius 1 is 1.09 bits per heavy atom. The van der Waals surface area contributed by atoms with Crippen molar-refractivity contribution >= 4 is 11.8 Å². The Kier molecular flexibility index (Phi) is 8.48. The third kappa shape index (κ3) is 6.00. The minimum Gasteiger partial charge on any atom is -0.461 e. The van der Waals surface area contributed by atoms with Crippen LogP contribution >= 0.6 is 0 Å².